The quantitative estimate of drug-likeness (QED) is 0.714. The van der Waals surface area contributed by atoms with Gasteiger partial charge in [0.2, 0.25) is 0 Å². The third kappa shape index (κ3) is 6.03. The molecule has 0 aliphatic rings. The van der Waals surface area contributed by atoms with Crippen LogP contribution in [0.5, 0.6) is 0 Å². The molecule has 0 radical (unpaired) electrons. The molecule has 2 N–H and O–H groups in total. The number of rotatable bonds is 8. The van der Waals surface area contributed by atoms with E-state index in [-0.39, 0.29) is 5.75 Å². The summed E-state index contributed by atoms with van der Waals surface area (Å²) < 4.78 is 17.8. The summed E-state index contributed by atoms with van der Waals surface area (Å²) in [6.45, 7) is 4.16. The first-order valence-electron chi connectivity index (χ1n) is 5.85. The fourth-order valence-electron chi connectivity index (χ4n) is 1.22. The molecule has 1 heterocycles. The summed E-state index contributed by atoms with van der Waals surface area (Å²) in [5, 5.41) is 0. The molecular weight excluding hydrogens is 307 g/mol. The molecule has 0 aromatic carbocycles. The molecule has 0 spiro atoms. The summed E-state index contributed by atoms with van der Waals surface area (Å²) in [6.07, 6.45) is 0.907. The lowest BCUT2D eigenvalue weighted by Crippen LogP contribution is -2.22. The van der Waals surface area contributed by atoms with E-state index >= 15 is 0 Å². The first kappa shape index (κ1) is 16.6. The minimum atomic E-state index is -2.83. The lowest BCUT2D eigenvalue weighted by atomic mass is 10.5. The molecule has 19 heavy (non-hydrogen) atoms. The van der Waals surface area contributed by atoms with Gasteiger partial charge in [-0.25, -0.2) is 4.79 Å². The number of aromatic nitrogens is 2. The fraction of sp³-hybridized carbons (Fsp3) is 0.600. The third-order valence-corrected chi connectivity index (χ3v) is 9.54. The summed E-state index contributed by atoms with van der Waals surface area (Å²) >= 11 is 2.43. The number of hydrogen-bond donors (Lipinski definition) is 2. The van der Waals surface area contributed by atoms with Crippen molar-refractivity contribution in [2.75, 3.05) is 12.4 Å². The zero-order valence-electron chi connectivity index (χ0n) is 10.8. The van der Waals surface area contributed by atoms with Crippen LogP contribution in [0.4, 0.5) is 0 Å². The van der Waals surface area contributed by atoms with Gasteiger partial charge in [0.1, 0.15) is 0 Å². The molecule has 9 heteroatoms. The van der Waals surface area contributed by atoms with E-state index in [4.69, 9.17) is 4.52 Å². The maximum atomic E-state index is 12.4. The first-order chi connectivity index (χ1) is 8.99. The van der Waals surface area contributed by atoms with E-state index in [1.54, 1.807) is 6.92 Å². The average molecular weight is 324 g/mol. The Morgan fingerprint density at radius 3 is 2.58 bits per heavy atom. The molecule has 1 unspecified atom stereocenters. The van der Waals surface area contributed by atoms with Gasteiger partial charge in [-0.15, -0.1) is 0 Å². The van der Waals surface area contributed by atoms with Crippen molar-refractivity contribution in [3.63, 3.8) is 0 Å². The number of hydrogen-bond acceptors (Lipinski definition) is 6. The van der Waals surface area contributed by atoms with E-state index in [9.17, 15) is 14.2 Å². The van der Waals surface area contributed by atoms with E-state index in [1.807, 2.05) is 6.92 Å². The van der Waals surface area contributed by atoms with Crippen molar-refractivity contribution in [3.05, 3.63) is 32.6 Å². The van der Waals surface area contributed by atoms with Crippen molar-refractivity contribution in [2.24, 2.45) is 0 Å². The number of H-pyrrole nitrogens is 2. The van der Waals surface area contributed by atoms with Crippen LogP contribution in [0.2, 0.25) is 0 Å². The van der Waals surface area contributed by atoms with Gasteiger partial charge in [-0.3, -0.25) is 14.3 Å². The topological polar surface area (TPSA) is 92.0 Å². The predicted molar refractivity (Wildman–Crippen MR) is 81.0 cm³/mol. The zero-order chi connectivity index (χ0) is 14.3. The highest BCUT2D eigenvalue weighted by atomic mass is 33.1. The van der Waals surface area contributed by atoms with Gasteiger partial charge in [-0.1, -0.05) is 29.7 Å². The molecule has 0 aliphatic carbocycles. The van der Waals surface area contributed by atoms with E-state index in [0.717, 1.165) is 23.6 Å². The minimum Gasteiger partial charge on any atom is -0.314 e. The van der Waals surface area contributed by atoms with Gasteiger partial charge in [0.15, 0.2) is 0 Å². The van der Waals surface area contributed by atoms with Gasteiger partial charge in [-0.05, 0) is 13.3 Å². The summed E-state index contributed by atoms with van der Waals surface area (Å²) in [6, 6.07) is 1.29. The third-order valence-electron chi connectivity index (χ3n) is 1.94. The van der Waals surface area contributed by atoms with Crippen molar-refractivity contribution in [1.82, 2.24) is 9.97 Å². The Bertz CT molecular complexity index is 529. The van der Waals surface area contributed by atoms with Crippen molar-refractivity contribution < 1.29 is 9.09 Å². The molecule has 1 atom stereocenters. The second kappa shape index (κ2) is 7.99. The van der Waals surface area contributed by atoms with Crippen molar-refractivity contribution in [1.29, 1.82) is 0 Å². The first-order valence-corrected chi connectivity index (χ1v) is 10.7. The van der Waals surface area contributed by atoms with Crippen LogP contribution in [0.3, 0.4) is 0 Å². The van der Waals surface area contributed by atoms with Crippen LogP contribution in [0.25, 0.3) is 0 Å². The molecule has 0 amide bonds. The molecule has 1 aromatic rings. The van der Waals surface area contributed by atoms with Crippen LogP contribution >= 0.6 is 28.5 Å². The van der Waals surface area contributed by atoms with Crippen LogP contribution < -0.4 is 11.2 Å². The summed E-state index contributed by atoms with van der Waals surface area (Å²) in [5.74, 6) is -1.82. The van der Waals surface area contributed by atoms with Gasteiger partial charge >= 0.3 is 11.5 Å². The monoisotopic (exact) mass is 324 g/mol. The van der Waals surface area contributed by atoms with E-state index in [1.165, 1.54) is 17.4 Å². The Kier molecular flexibility index (Phi) is 6.99. The molecule has 0 fully saturated rings. The van der Waals surface area contributed by atoms with E-state index in [2.05, 4.69) is 9.97 Å². The standard InChI is InChI=1S/C10H17N2O4PS2/c1-3-5-18-17(15,16-4-2)19-7-8-6-9(13)12-10(14)11-8/h6H,3-5,7H2,1-2H3,(H2,11,12,13,14). The second-order valence-electron chi connectivity index (χ2n) is 3.58. The number of aromatic amines is 2. The molecule has 0 aliphatic heterocycles. The average Bonchev–Trinajstić information content (AvgIpc) is 2.34. The normalized spacial score (nSPS) is 14.2. The van der Waals surface area contributed by atoms with Gasteiger partial charge in [-0.2, -0.15) is 0 Å². The van der Waals surface area contributed by atoms with Crippen LogP contribution in [0.15, 0.2) is 15.7 Å². The highest BCUT2D eigenvalue weighted by Gasteiger charge is 2.24. The summed E-state index contributed by atoms with van der Waals surface area (Å²) in [7, 11) is 0. The van der Waals surface area contributed by atoms with Crippen molar-refractivity contribution >= 4 is 28.5 Å². The minimum absolute atomic E-state index is 0.271. The SMILES string of the molecule is CCCSP(=O)(OCC)SCc1cc(=O)[nH]c(=O)[nH]1. The molecule has 0 saturated heterocycles. The summed E-state index contributed by atoms with van der Waals surface area (Å²) in [4.78, 5) is 26.8. The Labute approximate surface area is 119 Å². The number of nitrogens with one attached hydrogen (secondary N) is 2. The smallest absolute Gasteiger partial charge is 0.314 e. The van der Waals surface area contributed by atoms with Crippen LogP contribution in [-0.2, 0) is 14.8 Å². The fourth-order valence-corrected chi connectivity index (χ4v) is 7.85. The molecule has 6 nitrogen and oxygen atoms in total. The molecular formula is C10H17N2O4PS2. The second-order valence-corrected chi connectivity index (χ2v) is 11.1. The largest absolute Gasteiger partial charge is 0.325 e. The van der Waals surface area contributed by atoms with E-state index < -0.39 is 17.0 Å². The van der Waals surface area contributed by atoms with Gasteiger partial charge in [0.05, 0.1) is 6.61 Å². The molecule has 108 valence electrons. The highest BCUT2D eigenvalue weighted by molar-refractivity contribution is 8.89. The van der Waals surface area contributed by atoms with Crippen molar-refractivity contribution in [2.45, 2.75) is 26.0 Å². The van der Waals surface area contributed by atoms with Crippen LogP contribution in [0, 0.1) is 0 Å². The van der Waals surface area contributed by atoms with Gasteiger partial charge < -0.3 is 9.51 Å². The molecule has 1 rings (SSSR count). The maximum Gasteiger partial charge on any atom is 0.325 e. The highest BCUT2D eigenvalue weighted by Crippen LogP contribution is 2.70. The lowest BCUT2D eigenvalue weighted by Gasteiger charge is -2.15. The Balaban J connectivity index is 2.72. The Morgan fingerprint density at radius 1 is 1.26 bits per heavy atom. The van der Waals surface area contributed by atoms with Crippen molar-refractivity contribution in [3.8, 4) is 0 Å². The Morgan fingerprint density at radius 2 is 2.00 bits per heavy atom. The summed E-state index contributed by atoms with van der Waals surface area (Å²) in [5.41, 5.74) is -0.585. The maximum absolute atomic E-state index is 12.4. The van der Waals surface area contributed by atoms with Gasteiger partial charge in [0, 0.05) is 23.3 Å². The lowest BCUT2D eigenvalue weighted by molar-refractivity contribution is 0.357. The molecule has 1 aromatic heterocycles. The van der Waals surface area contributed by atoms with Crippen LogP contribution in [-0.4, -0.2) is 22.3 Å². The van der Waals surface area contributed by atoms with Crippen LogP contribution in [0.1, 0.15) is 26.0 Å². The predicted octanol–water partition coefficient (Wildman–Crippen LogP) is 2.58. The van der Waals surface area contributed by atoms with E-state index in [0.29, 0.717) is 12.3 Å². The van der Waals surface area contributed by atoms with Gasteiger partial charge in [0.25, 0.3) is 5.56 Å². The zero-order valence-corrected chi connectivity index (χ0v) is 13.3. The molecule has 0 saturated carbocycles. The molecule has 0 bridgehead atoms. The Hall–Kier alpha value is -0.430.